The second-order valence-electron chi connectivity index (χ2n) is 1.31. The third-order valence-electron chi connectivity index (χ3n) is 0.689. The maximum atomic E-state index is 10.2. The van der Waals surface area contributed by atoms with E-state index in [1.165, 1.54) is 6.07 Å². The van der Waals surface area contributed by atoms with Crippen LogP contribution in [0, 0.1) is 0 Å². The first-order valence-electron chi connectivity index (χ1n) is 2.07. The Balaban J connectivity index is 0.000000640. The van der Waals surface area contributed by atoms with Crippen molar-refractivity contribution in [3.63, 3.8) is 0 Å². The molecule has 0 aliphatic heterocycles. The van der Waals surface area contributed by atoms with E-state index < -0.39 is 5.63 Å². The smallest absolute Gasteiger partial charge is 0.339 e. The standard InChI is InChI=1S/C5H4O3.Zn/c6-4-1-2-8-5(7)3-4;/h1-3,6H;. The van der Waals surface area contributed by atoms with Crippen molar-refractivity contribution in [1.82, 2.24) is 0 Å². The average molecular weight is 177 g/mol. The minimum absolute atomic E-state index is 0. The predicted molar refractivity (Wildman–Crippen MR) is 26.6 cm³/mol. The van der Waals surface area contributed by atoms with Crippen molar-refractivity contribution >= 4 is 0 Å². The maximum absolute atomic E-state index is 10.2. The Morgan fingerprint density at radius 3 is 2.56 bits per heavy atom. The van der Waals surface area contributed by atoms with Gasteiger partial charge in [-0.2, -0.15) is 0 Å². The summed E-state index contributed by atoms with van der Waals surface area (Å²) in [5, 5.41) is 8.55. The van der Waals surface area contributed by atoms with Crippen LogP contribution < -0.4 is 5.63 Å². The fourth-order valence-corrected chi connectivity index (χ4v) is 0.374. The molecule has 0 fully saturated rings. The van der Waals surface area contributed by atoms with Gasteiger partial charge in [-0.15, -0.1) is 0 Å². The Labute approximate surface area is 64.1 Å². The largest absolute Gasteiger partial charge is 0.508 e. The van der Waals surface area contributed by atoms with Crippen LogP contribution in [0.4, 0.5) is 0 Å². The molecule has 0 bridgehead atoms. The summed E-state index contributed by atoms with van der Waals surface area (Å²) < 4.78 is 4.29. The van der Waals surface area contributed by atoms with Crippen LogP contribution in [0.3, 0.4) is 0 Å². The van der Waals surface area contributed by atoms with E-state index in [2.05, 4.69) is 4.42 Å². The summed E-state index contributed by atoms with van der Waals surface area (Å²) in [5.41, 5.74) is -0.537. The molecule has 4 heteroatoms. The van der Waals surface area contributed by atoms with E-state index in [1.54, 1.807) is 0 Å². The fraction of sp³-hybridized carbons (Fsp3) is 0. The van der Waals surface area contributed by atoms with E-state index >= 15 is 0 Å². The first-order chi connectivity index (χ1) is 3.79. The van der Waals surface area contributed by atoms with E-state index in [9.17, 15) is 4.79 Å². The van der Waals surface area contributed by atoms with Gasteiger partial charge in [-0.3, -0.25) is 0 Å². The van der Waals surface area contributed by atoms with Crippen LogP contribution in [0.5, 0.6) is 5.75 Å². The van der Waals surface area contributed by atoms with Gasteiger partial charge in [0.1, 0.15) is 5.75 Å². The molecule has 0 aliphatic rings. The van der Waals surface area contributed by atoms with Crippen molar-refractivity contribution in [2.45, 2.75) is 0 Å². The molecule has 0 aromatic carbocycles. The summed E-state index contributed by atoms with van der Waals surface area (Å²) in [7, 11) is 0. The monoisotopic (exact) mass is 176 g/mol. The molecule has 0 atom stereocenters. The Morgan fingerprint density at radius 1 is 1.56 bits per heavy atom. The molecule has 0 saturated carbocycles. The summed E-state index contributed by atoms with van der Waals surface area (Å²) in [4.78, 5) is 10.2. The van der Waals surface area contributed by atoms with Crippen LogP contribution >= 0.6 is 0 Å². The van der Waals surface area contributed by atoms with E-state index in [1.807, 2.05) is 0 Å². The summed E-state index contributed by atoms with van der Waals surface area (Å²) in [6.45, 7) is 0. The van der Waals surface area contributed by atoms with Crippen molar-refractivity contribution in [2.75, 3.05) is 0 Å². The molecule has 1 aromatic rings. The molecule has 1 aromatic heterocycles. The first-order valence-corrected chi connectivity index (χ1v) is 2.07. The zero-order chi connectivity index (χ0) is 5.98. The van der Waals surface area contributed by atoms with Gasteiger partial charge < -0.3 is 9.52 Å². The van der Waals surface area contributed by atoms with Gasteiger partial charge in [0.25, 0.3) is 0 Å². The summed E-state index contributed by atoms with van der Waals surface area (Å²) in [6, 6.07) is 2.29. The van der Waals surface area contributed by atoms with Gasteiger partial charge in [0, 0.05) is 25.5 Å². The Morgan fingerprint density at radius 2 is 2.22 bits per heavy atom. The molecule has 0 spiro atoms. The summed E-state index contributed by atoms with van der Waals surface area (Å²) in [5.74, 6) is -0.0683. The molecule has 0 unspecified atom stereocenters. The molecular weight excluding hydrogens is 173 g/mol. The number of hydrogen-bond acceptors (Lipinski definition) is 3. The van der Waals surface area contributed by atoms with Gasteiger partial charge in [-0.1, -0.05) is 0 Å². The second-order valence-corrected chi connectivity index (χ2v) is 1.31. The van der Waals surface area contributed by atoms with E-state index in [0.29, 0.717) is 0 Å². The predicted octanol–water partition coefficient (Wildman–Crippen LogP) is 0.343. The topological polar surface area (TPSA) is 50.4 Å². The molecule has 0 saturated heterocycles. The molecular formula is C5H4O3Zn. The van der Waals surface area contributed by atoms with Crippen LogP contribution in [0.2, 0.25) is 0 Å². The number of hydrogen-bond donors (Lipinski definition) is 1. The van der Waals surface area contributed by atoms with Gasteiger partial charge >= 0.3 is 5.63 Å². The molecule has 1 rings (SSSR count). The molecule has 0 radical (unpaired) electrons. The zero-order valence-electron chi connectivity index (χ0n) is 4.70. The minimum Gasteiger partial charge on any atom is -0.508 e. The van der Waals surface area contributed by atoms with Gasteiger partial charge in [0.05, 0.1) is 12.3 Å². The molecule has 0 aliphatic carbocycles. The molecule has 0 amide bonds. The van der Waals surface area contributed by atoms with Crippen LogP contribution in [-0.4, -0.2) is 5.11 Å². The third kappa shape index (κ3) is 2.42. The van der Waals surface area contributed by atoms with Crippen molar-refractivity contribution in [1.29, 1.82) is 0 Å². The summed E-state index contributed by atoms with van der Waals surface area (Å²) in [6.07, 6.45) is 1.14. The van der Waals surface area contributed by atoms with Crippen LogP contribution in [0.25, 0.3) is 0 Å². The zero-order valence-corrected chi connectivity index (χ0v) is 7.67. The third-order valence-corrected chi connectivity index (χ3v) is 0.689. The quantitative estimate of drug-likeness (QED) is 0.582. The summed E-state index contributed by atoms with van der Waals surface area (Å²) >= 11 is 0. The van der Waals surface area contributed by atoms with Gasteiger partial charge in [0.15, 0.2) is 0 Å². The SMILES string of the molecule is O=c1cc(O)cco1.[Zn]. The van der Waals surface area contributed by atoms with Crippen molar-refractivity contribution in [2.24, 2.45) is 0 Å². The fourth-order valence-electron chi connectivity index (χ4n) is 0.374. The molecule has 1 N–H and O–H groups in total. The average Bonchev–Trinajstić information content (AvgIpc) is 1.64. The van der Waals surface area contributed by atoms with Crippen LogP contribution in [0.15, 0.2) is 27.6 Å². The first kappa shape index (κ1) is 8.37. The van der Waals surface area contributed by atoms with Gasteiger partial charge in [0.2, 0.25) is 0 Å². The maximum Gasteiger partial charge on any atom is 0.339 e. The normalized spacial score (nSPS) is 8.00. The van der Waals surface area contributed by atoms with Crippen LogP contribution in [-0.2, 0) is 19.5 Å². The van der Waals surface area contributed by atoms with E-state index in [4.69, 9.17) is 5.11 Å². The molecule has 44 valence electrons. The van der Waals surface area contributed by atoms with E-state index in [0.717, 1.165) is 12.3 Å². The number of rotatable bonds is 0. The number of aromatic hydroxyl groups is 1. The van der Waals surface area contributed by atoms with E-state index in [-0.39, 0.29) is 25.2 Å². The molecule has 1 heterocycles. The Kier molecular flexibility index (Phi) is 3.17. The Bertz CT molecular complexity index is 230. The Hall–Kier alpha value is -0.627. The molecule has 9 heavy (non-hydrogen) atoms. The molecule has 3 nitrogen and oxygen atoms in total. The van der Waals surface area contributed by atoms with Gasteiger partial charge in [-0.25, -0.2) is 4.79 Å². The van der Waals surface area contributed by atoms with Crippen molar-refractivity contribution in [3.8, 4) is 5.75 Å². The second kappa shape index (κ2) is 3.41. The van der Waals surface area contributed by atoms with Crippen LogP contribution in [0.1, 0.15) is 0 Å². The van der Waals surface area contributed by atoms with Crippen molar-refractivity contribution < 1.29 is 29.0 Å². The van der Waals surface area contributed by atoms with Crippen molar-refractivity contribution in [3.05, 3.63) is 28.8 Å². The van der Waals surface area contributed by atoms with Gasteiger partial charge in [-0.05, 0) is 0 Å². The minimum atomic E-state index is -0.537.